The highest BCUT2D eigenvalue weighted by molar-refractivity contribution is 5.55. The smallest absolute Gasteiger partial charge is 0.181 e. The Hall–Kier alpha value is -1.75. The number of halogens is 1. The van der Waals surface area contributed by atoms with Crippen LogP contribution in [-0.2, 0) is 6.61 Å². The van der Waals surface area contributed by atoms with E-state index in [0.717, 1.165) is 0 Å². The summed E-state index contributed by atoms with van der Waals surface area (Å²) >= 11 is 0. The molecule has 0 amide bonds. The van der Waals surface area contributed by atoms with E-state index in [4.69, 9.17) is 5.11 Å². The van der Waals surface area contributed by atoms with E-state index in [2.05, 4.69) is 15.2 Å². The van der Waals surface area contributed by atoms with Gasteiger partial charge >= 0.3 is 0 Å². The van der Waals surface area contributed by atoms with Crippen molar-refractivity contribution in [2.45, 2.75) is 13.5 Å². The fraction of sp³-hybridized carbons (Fsp3) is 0.200. The molecule has 0 aliphatic carbocycles. The molecule has 5 heteroatoms. The number of aromatic nitrogens is 3. The van der Waals surface area contributed by atoms with Crippen molar-refractivity contribution in [2.75, 3.05) is 0 Å². The fourth-order valence-electron chi connectivity index (χ4n) is 1.23. The standard InChI is InChI=1S/C10H10FN3O/c1-6-2-3-7(4-8(6)11)10-12-9(5-15)13-14-10/h2-4,15H,5H2,1H3,(H,12,13,14). The van der Waals surface area contributed by atoms with Crippen molar-refractivity contribution in [1.29, 1.82) is 0 Å². The second-order valence-corrected chi connectivity index (χ2v) is 3.23. The second-order valence-electron chi connectivity index (χ2n) is 3.23. The lowest BCUT2D eigenvalue weighted by atomic mass is 10.1. The van der Waals surface area contributed by atoms with Crippen LogP contribution in [-0.4, -0.2) is 20.3 Å². The first-order valence-corrected chi connectivity index (χ1v) is 4.49. The van der Waals surface area contributed by atoms with Crippen LogP contribution >= 0.6 is 0 Å². The van der Waals surface area contributed by atoms with Crippen molar-refractivity contribution in [3.05, 3.63) is 35.4 Å². The Morgan fingerprint density at radius 1 is 1.47 bits per heavy atom. The Labute approximate surface area is 85.8 Å². The minimum absolute atomic E-state index is 0.207. The Bertz CT molecular complexity index is 481. The van der Waals surface area contributed by atoms with Crippen molar-refractivity contribution in [3.8, 4) is 11.4 Å². The van der Waals surface area contributed by atoms with Gasteiger partial charge in [0.2, 0.25) is 0 Å². The molecule has 15 heavy (non-hydrogen) atoms. The fourth-order valence-corrected chi connectivity index (χ4v) is 1.23. The van der Waals surface area contributed by atoms with Gasteiger partial charge in [-0.15, -0.1) is 0 Å². The lowest BCUT2D eigenvalue weighted by molar-refractivity contribution is 0.272. The zero-order chi connectivity index (χ0) is 10.8. The van der Waals surface area contributed by atoms with Crippen LogP contribution in [0.25, 0.3) is 11.4 Å². The maximum atomic E-state index is 13.2. The van der Waals surface area contributed by atoms with Gasteiger partial charge in [-0.3, -0.25) is 5.10 Å². The van der Waals surface area contributed by atoms with Gasteiger partial charge in [-0.2, -0.15) is 5.10 Å². The number of hydrogen-bond acceptors (Lipinski definition) is 3. The van der Waals surface area contributed by atoms with Crippen molar-refractivity contribution in [3.63, 3.8) is 0 Å². The van der Waals surface area contributed by atoms with E-state index in [-0.39, 0.29) is 12.4 Å². The number of aliphatic hydroxyl groups is 1. The van der Waals surface area contributed by atoms with Gasteiger partial charge in [0.1, 0.15) is 12.4 Å². The highest BCUT2D eigenvalue weighted by atomic mass is 19.1. The van der Waals surface area contributed by atoms with Crippen LogP contribution in [0.5, 0.6) is 0 Å². The Morgan fingerprint density at radius 2 is 2.27 bits per heavy atom. The molecule has 4 nitrogen and oxygen atoms in total. The molecule has 0 fully saturated rings. The van der Waals surface area contributed by atoms with E-state index in [1.807, 2.05) is 0 Å². The van der Waals surface area contributed by atoms with Crippen LogP contribution in [0, 0.1) is 12.7 Å². The van der Waals surface area contributed by atoms with Gasteiger partial charge in [-0.05, 0) is 18.6 Å². The number of nitrogens with one attached hydrogen (secondary N) is 1. The first-order valence-electron chi connectivity index (χ1n) is 4.49. The zero-order valence-corrected chi connectivity index (χ0v) is 8.16. The lowest BCUT2D eigenvalue weighted by Gasteiger charge is -1.98. The first-order chi connectivity index (χ1) is 7.20. The maximum Gasteiger partial charge on any atom is 0.181 e. The third-order valence-corrected chi connectivity index (χ3v) is 2.11. The van der Waals surface area contributed by atoms with Gasteiger partial charge in [-0.25, -0.2) is 9.37 Å². The normalized spacial score (nSPS) is 10.6. The third kappa shape index (κ3) is 1.87. The number of H-pyrrole nitrogens is 1. The molecule has 0 bridgehead atoms. The molecule has 2 aromatic rings. The quantitative estimate of drug-likeness (QED) is 0.782. The van der Waals surface area contributed by atoms with Crippen LogP contribution in [0.1, 0.15) is 11.4 Å². The van der Waals surface area contributed by atoms with Crippen molar-refractivity contribution in [1.82, 2.24) is 15.2 Å². The van der Waals surface area contributed by atoms with E-state index < -0.39 is 0 Å². The van der Waals surface area contributed by atoms with Crippen molar-refractivity contribution < 1.29 is 9.50 Å². The van der Waals surface area contributed by atoms with E-state index in [9.17, 15) is 4.39 Å². The summed E-state index contributed by atoms with van der Waals surface area (Å²) in [5.41, 5.74) is 1.17. The summed E-state index contributed by atoms with van der Waals surface area (Å²) in [4.78, 5) is 3.99. The average Bonchev–Trinajstić information content (AvgIpc) is 2.70. The molecular weight excluding hydrogens is 197 g/mol. The number of rotatable bonds is 2. The van der Waals surface area contributed by atoms with Gasteiger partial charge < -0.3 is 5.11 Å². The Morgan fingerprint density at radius 3 is 2.87 bits per heavy atom. The van der Waals surface area contributed by atoms with E-state index in [1.54, 1.807) is 19.1 Å². The van der Waals surface area contributed by atoms with E-state index in [1.165, 1.54) is 6.07 Å². The molecule has 1 heterocycles. The Kier molecular flexibility index (Phi) is 2.47. The number of nitrogens with zero attached hydrogens (tertiary/aromatic N) is 2. The lowest BCUT2D eigenvalue weighted by Crippen LogP contribution is -1.87. The SMILES string of the molecule is Cc1ccc(-c2n[nH]c(CO)n2)cc1F. The molecule has 0 atom stereocenters. The van der Waals surface area contributed by atoms with Crippen LogP contribution in [0.3, 0.4) is 0 Å². The van der Waals surface area contributed by atoms with Crippen molar-refractivity contribution in [2.24, 2.45) is 0 Å². The molecule has 78 valence electrons. The number of hydrogen-bond donors (Lipinski definition) is 2. The summed E-state index contributed by atoms with van der Waals surface area (Å²) in [6.07, 6.45) is 0. The topological polar surface area (TPSA) is 61.8 Å². The molecule has 0 saturated carbocycles. The number of aryl methyl sites for hydroxylation is 1. The summed E-state index contributed by atoms with van der Waals surface area (Å²) in [7, 11) is 0. The molecule has 2 N–H and O–H groups in total. The summed E-state index contributed by atoms with van der Waals surface area (Å²) in [6, 6.07) is 4.78. The largest absolute Gasteiger partial charge is 0.388 e. The Balaban J connectivity index is 2.40. The van der Waals surface area contributed by atoms with E-state index in [0.29, 0.717) is 22.8 Å². The molecule has 0 radical (unpaired) electrons. The molecular formula is C10H10FN3O. The predicted octanol–water partition coefficient (Wildman–Crippen LogP) is 1.41. The second kappa shape index (κ2) is 3.78. The number of aliphatic hydroxyl groups excluding tert-OH is 1. The summed E-state index contributed by atoms with van der Waals surface area (Å²) in [5.74, 6) is 0.465. The van der Waals surface area contributed by atoms with Gasteiger partial charge in [-0.1, -0.05) is 12.1 Å². The van der Waals surface area contributed by atoms with Crippen LogP contribution in [0.2, 0.25) is 0 Å². The minimum atomic E-state index is -0.289. The highest BCUT2D eigenvalue weighted by Crippen LogP contribution is 2.17. The van der Waals surface area contributed by atoms with Crippen molar-refractivity contribution >= 4 is 0 Å². The summed E-state index contributed by atoms with van der Waals surface area (Å²) in [5, 5.41) is 15.2. The highest BCUT2D eigenvalue weighted by Gasteiger charge is 2.07. The predicted molar refractivity (Wildman–Crippen MR) is 52.4 cm³/mol. The number of aromatic amines is 1. The van der Waals surface area contributed by atoms with Crippen LogP contribution in [0.4, 0.5) is 4.39 Å². The minimum Gasteiger partial charge on any atom is -0.388 e. The van der Waals surface area contributed by atoms with Crippen LogP contribution in [0.15, 0.2) is 18.2 Å². The number of benzene rings is 1. The molecule has 1 aromatic heterocycles. The molecule has 0 aliphatic heterocycles. The third-order valence-electron chi connectivity index (χ3n) is 2.11. The van der Waals surface area contributed by atoms with Gasteiger partial charge in [0, 0.05) is 5.56 Å². The first kappa shape index (κ1) is 9.79. The molecule has 0 spiro atoms. The molecule has 1 aromatic carbocycles. The van der Waals surface area contributed by atoms with Gasteiger partial charge in [0.05, 0.1) is 0 Å². The zero-order valence-electron chi connectivity index (χ0n) is 8.16. The average molecular weight is 207 g/mol. The molecule has 0 unspecified atom stereocenters. The van der Waals surface area contributed by atoms with E-state index >= 15 is 0 Å². The maximum absolute atomic E-state index is 13.2. The monoisotopic (exact) mass is 207 g/mol. The van der Waals surface area contributed by atoms with Gasteiger partial charge in [0.15, 0.2) is 11.6 Å². The summed E-state index contributed by atoms with van der Waals surface area (Å²) < 4.78 is 13.2. The molecule has 0 saturated heterocycles. The van der Waals surface area contributed by atoms with Crippen LogP contribution < -0.4 is 0 Å². The summed E-state index contributed by atoms with van der Waals surface area (Å²) in [6.45, 7) is 1.48. The molecule has 2 rings (SSSR count). The molecule has 0 aliphatic rings. The van der Waals surface area contributed by atoms with Gasteiger partial charge in [0.25, 0.3) is 0 Å².